The monoisotopic (exact) mass is 380 g/mol. The summed E-state index contributed by atoms with van der Waals surface area (Å²) in [4.78, 5) is 49.0. The molecule has 1 saturated heterocycles. The molecule has 0 saturated carbocycles. The fourth-order valence-corrected chi connectivity index (χ4v) is 2.92. The van der Waals surface area contributed by atoms with Crippen LogP contribution in [0.4, 0.5) is 17.1 Å². The first-order valence-corrected chi connectivity index (χ1v) is 8.86. The number of nitrogens with one attached hydrogen (secondary N) is 2. The molecular weight excluding hydrogens is 360 g/mol. The van der Waals surface area contributed by atoms with Gasteiger partial charge >= 0.3 is 11.8 Å². The fraction of sp³-hybridized carbons (Fsp3) is 0.200. The van der Waals surface area contributed by atoms with Gasteiger partial charge < -0.3 is 21.3 Å². The average Bonchev–Trinajstić information content (AvgIpc) is 2.69. The van der Waals surface area contributed by atoms with Crippen LogP contribution >= 0.6 is 0 Å². The number of piperidine rings is 1. The zero-order chi connectivity index (χ0) is 20.1. The van der Waals surface area contributed by atoms with E-state index in [4.69, 9.17) is 5.73 Å². The largest absolute Gasteiger partial charge is 0.366 e. The highest BCUT2D eigenvalue weighted by molar-refractivity contribution is 6.43. The predicted molar refractivity (Wildman–Crippen MR) is 105 cm³/mol. The van der Waals surface area contributed by atoms with Crippen molar-refractivity contribution in [2.75, 3.05) is 22.1 Å². The van der Waals surface area contributed by atoms with Gasteiger partial charge in [-0.3, -0.25) is 19.2 Å². The van der Waals surface area contributed by atoms with Crippen LogP contribution in [0.2, 0.25) is 0 Å². The van der Waals surface area contributed by atoms with Crippen molar-refractivity contribution in [3.05, 3.63) is 54.1 Å². The van der Waals surface area contributed by atoms with Crippen molar-refractivity contribution in [3.8, 4) is 0 Å². The summed E-state index contributed by atoms with van der Waals surface area (Å²) in [6.07, 6.45) is 2.32. The summed E-state index contributed by atoms with van der Waals surface area (Å²) in [6.45, 7) is 0.637. The van der Waals surface area contributed by atoms with Crippen LogP contribution in [0.15, 0.2) is 48.5 Å². The SMILES string of the molecule is NC(=O)c1ccc(NC(=O)C(=O)Nc2cccc(N3CCCCC3=O)c2)cc1. The summed E-state index contributed by atoms with van der Waals surface area (Å²) in [6, 6.07) is 12.7. The van der Waals surface area contributed by atoms with E-state index in [0.717, 1.165) is 12.8 Å². The summed E-state index contributed by atoms with van der Waals surface area (Å²) >= 11 is 0. The van der Waals surface area contributed by atoms with Gasteiger partial charge in [-0.1, -0.05) is 6.07 Å². The van der Waals surface area contributed by atoms with E-state index in [2.05, 4.69) is 10.6 Å². The number of nitrogens with two attached hydrogens (primary N) is 1. The van der Waals surface area contributed by atoms with Gasteiger partial charge in [0.2, 0.25) is 11.8 Å². The highest BCUT2D eigenvalue weighted by atomic mass is 16.2. The molecule has 8 heteroatoms. The number of rotatable bonds is 4. The van der Waals surface area contributed by atoms with Crippen LogP contribution < -0.4 is 21.3 Å². The Labute approximate surface area is 161 Å². The Morgan fingerprint density at radius 1 is 0.893 bits per heavy atom. The van der Waals surface area contributed by atoms with Crippen LogP contribution in [-0.2, 0) is 14.4 Å². The number of amides is 4. The topological polar surface area (TPSA) is 122 Å². The predicted octanol–water partition coefficient (Wildman–Crippen LogP) is 1.88. The van der Waals surface area contributed by atoms with Crippen molar-refractivity contribution < 1.29 is 19.2 Å². The molecular formula is C20H20N4O4. The molecule has 2 aromatic carbocycles. The molecule has 8 nitrogen and oxygen atoms in total. The smallest absolute Gasteiger partial charge is 0.314 e. The number of primary amides is 1. The molecule has 1 heterocycles. The van der Waals surface area contributed by atoms with E-state index in [-0.39, 0.29) is 5.91 Å². The van der Waals surface area contributed by atoms with Crippen LogP contribution in [-0.4, -0.2) is 30.2 Å². The van der Waals surface area contributed by atoms with Crippen molar-refractivity contribution in [2.45, 2.75) is 19.3 Å². The molecule has 1 aliphatic heterocycles. The van der Waals surface area contributed by atoms with E-state index >= 15 is 0 Å². The molecule has 4 amide bonds. The van der Waals surface area contributed by atoms with E-state index in [0.29, 0.717) is 35.6 Å². The number of carbonyl (C=O) groups excluding carboxylic acids is 4. The van der Waals surface area contributed by atoms with Gasteiger partial charge in [0, 0.05) is 35.6 Å². The number of anilines is 3. The molecule has 0 atom stereocenters. The first-order valence-electron chi connectivity index (χ1n) is 8.86. The standard InChI is InChI=1S/C20H20N4O4/c21-18(26)13-7-9-14(10-8-13)22-19(27)20(28)23-15-4-3-5-16(12-15)24-11-2-1-6-17(24)25/h3-5,7-10,12H,1-2,6,11H2,(H2,21,26)(H,22,27)(H,23,28). The first-order chi connectivity index (χ1) is 13.4. The normalized spacial score (nSPS) is 13.7. The molecule has 0 unspecified atom stereocenters. The zero-order valence-corrected chi connectivity index (χ0v) is 15.1. The van der Waals surface area contributed by atoms with Gasteiger partial charge in [0.1, 0.15) is 0 Å². The summed E-state index contributed by atoms with van der Waals surface area (Å²) in [7, 11) is 0. The maximum Gasteiger partial charge on any atom is 0.314 e. The number of hydrogen-bond acceptors (Lipinski definition) is 4. The van der Waals surface area contributed by atoms with Crippen LogP contribution in [0.3, 0.4) is 0 Å². The molecule has 1 fully saturated rings. The number of benzene rings is 2. The third-order valence-corrected chi connectivity index (χ3v) is 4.37. The Bertz CT molecular complexity index is 924. The number of hydrogen-bond donors (Lipinski definition) is 3. The van der Waals surface area contributed by atoms with Crippen molar-refractivity contribution in [2.24, 2.45) is 5.73 Å². The van der Waals surface area contributed by atoms with Gasteiger partial charge in [-0.25, -0.2) is 0 Å². The zero-order valence-electron chi connectivity index (χ0n) is 15.1. The average molecular weight is 380 g/mol. The maximum atomic E-state index is 12.2. The van der Waals surface area contributed by atoms with Gasteiger partial charge in [0.05, 0.1) is 0 Å². The van der Waals surface area contributed by atoms with Gasteiger partial charge in [-0.05, 0) is 55.3 Å². The molecule has 0 radical (unpaired) electrons. The lowest BCUT2D eigenvalue weighted by Crippen LogP contribution is -2.35. The Morgan fingerprint density at radius 2 is 1.57 bits per heavy atom. The minimum Gasteiger partial charge on any atom is -0.366 e. The summed E-state index contributed by atoms with van der Waals surface area (Å²) in [5.41, 5.74) is 6.92. The van der Waals surface area contributed by atoms with Crippen LogP contribution in [0.1, 0.15) is 29.6 Å². The minimum atomic E-state index is -0.855. The Hall–Kier alpha value is -3.68. The Balaban J connectivity index is 1.63. The van der Waals surface area contributed by atoms with Crippen molar-refractivity contribution in [1.82, 2.24) is 0 Å². The lowest BCUT2D eigenvalue weighted by atomic mass is 10.1. The van der Waals surface area contributed by atoms with Gasteiger partial charge in [0.15, 0.2) is 0 Å². The fourth-order valence-electron chi connectivity index (χ4n) is 2.92. The van der Waals surface area contributed by atoms with E-state index in [9.17, 15) is 19.2 Å². The summed E-state index contributed by atoms with van der Waals surface area (Å²) in [5, 5.41) is 4.97. The molecule has 0 aromatic heterocycles. The van der Waals surface area contributed by atoms with E-state index in [1.165, 1.54) is 24.3 Å². The molecule has 4 N–H and O–H groups in total. The van der Waals surface area contributed by atoms with Crippen molar-refractivity contribution >= 4 is 40.7 Å². The molecule has 28 heavy (non-hydrogen) atoms. The Morgan fingerprint density at radius 3 is 2.21 bits per heavy atom. The third kappa shape index (κ3) is 4.53. The van der Waals surface area contributed by atoms with Gasteiger partial charge in [-0.2, -0.15) is 0 Å². The molecule has 0 spiro atoms. The highest BCUT2D eigenvalue weighted by Gasteiger charge is 2.20. The lowest BCUT2D eigenvalue weighted by molar-refractivity contribution is -0.132. The van der Waals surface area contributed by atoms with Crippen molar-refractivity contribution in [1.29, 1.82) is 0 Å². The minimum absolute atomic E-state index is 0.0480. The highest BCUT2D eigenvalue weighted by Crippen LogP contribution is 2.24. The summed E-state index contributed by atoms with van der Waals surface area (Å²) in [5.74, 6) is -2.23. The summed E-state index contributed by atoms with van der Waals surface area (Å²) < 4.78 is 0. The van der Waals surface area contributed by atoms with Crippen LogP contribution in [0.25, 0.3) is 0 Å². The Kier molecular flexibility index (Phi) is 5.69. The molecule has 0 aliphatic carbocycles. The molecule has 144 valence electrons. The van der Waals surface area contributed by atoms with Gasteiger partial charge in [-0.15, -0.1) is 0 Å². The van der Waals surface area contributed by atoms with E-state index in [1.807, 2.05) is 0 Å². The van der Waals surface area contributed by atoms with Crippen molar-refractivity contribution in [3.63, 3.8) is 0 Å². The number of carbonyl (C=O) groups is 4. The van der Waals surface area contributed by atoms with Crippen LogP contribution in [0.5, 0.6) is 0 Å². The quantitative estimate of drug-likeness (QED) is 0.701. The van der Waals surface area contributed by atoms with Crippen LogP contribution in [0, 0.1) is 0 Å². The molecule has 2 aromatic rings. The second kappa shape index (κ2) is 8.34. The maximum absolute atomic E-state index is 12.2. The first kappa shape index (κ1) is 19.1. The molecule has 3 rings (SSSR count). The molecule has 1 aliphatic rings. The van der Waals surface area contributed by atoms with E-state index < -0.39 is 17.7 Å². The second-order valence-electron chi connectivity index (χ2n) is 6.40. The molecule has 0 bridgehead atoms. The second-order valence-corrected chi connectivity index (χ2v) is 6.40. The van der Waals surface area contributed by atoms with Gasteiger partial charge in [0.25, 0.3) is 0 Å². The van der Waals surface area contributed by atoms with E-state index in [1.54, 1.807) is 29.2 Å². The lowest BCUT2D eigenvalue weighted by Gasteiger charge is -2.27. The third-order valence-electron chi connectivity index (χ3n) is 4.37. The number of nitrogens with zero attached hydrogens (tertiary/aromatic N) is 1.